The predicted molar refractivity (Wildman–Crippen MR) is 253 cm³/mol. The van der Waals surface area contributed by atoms with E-state index in [1.54, 1.807) is 0 Å². The monoisotopic (exact) mass is 766 g/mol. The van der Waals surface area contributed by atoms with Crippen molar-refractivity contribution < 1.29 is 0 Å². The van der Waals surface area contributed by atoms with E-state index in [1.807, 2.05) is 0 Å². The van der Waals surface area contributed by atoms with Gasteiger partial charge in [0.05, 0.1) is 16.7 Å². The molecule has 2 unspecified atom stereocenters. The lowest BCUT2D eigenvalue weighted by Crippen LogP contribution is -2.25. The first-order valence-electron chi connectivity index (χ1n) is 21.2. The van der Waals surface area contributed by atoms with Crippen LogP contribution in [0, 0.1) is 11.8 Å². The molecule has 0 spiro atoms. The van der Waals surface area contributed by atoms with Crippen LogP contribution < -0.4 is 4.90 Å². The highest BCUT2D eigenvalue weighted by molar-refractivity contribution is 6.09. The van der Waals surface area contributed by atoms with Crippen LogP contribution in [0.1, 0.15) is 11.1 Å². The maximum absolute atomic E-state index is 2.47. The average molecular weight is 767 g/mol. The lowest BCUT2D eigenvalue weighted by molar-refractivity contribution is 0.497. The highest BCUT2D eigenvalue weighted by atomic mass is 15.1. The summed E-state index contributed by atoms with van der Waals surface area (Å²) in [5, 5.41) is 5.24. The molecule has 60 heavy (non-hydrogen) atoms. The molecule has 0 saturated carbocycles. The minimum atomic E-state index is 0.446. The summed E-state index contributed by atoms with van der Waals surface area (Å²) in [5.74, 6) is 0.893. The van der Waals surface area contributed by atoms with Crippen LogP contribution in [-0.2, 0) is 12.8 Å². The number of nitrogens with zero attached hydrogens (tertiary/aromatic N) is 2. The Morgan fingerprint density at radius 3 is 1.95 bits per heavy atom. The standard InChI is InChI=1S/C58H42N2/c1-2-12-39(13-3-1)40-26-31-48(32-27-40)59(56-35-30-47-37-45-18-9-15-42-14-8-17-44(57(42)45)36-46-19-11-23-53(56)58(46)47)50-20-10-16-43(38-50)41-28-33-49(34-29-41)60-54-24-6-4-21-51(54)52-22-5-7-25-55(52)60/h1-35,38,44,57H,36-37H2. The van der Waals surface area contributed by atoms with Crippen LogP contribution in [0.3, 0.4) is 0 Å². The van der Waals surface area contributed by atoms with Crippen LogP contribution in [0.25, 0.3) is 60.5 Å². The van der Waals surface area contributed by atoms with E-state index in [4.69, 9.17) is 0 Å². The van der Waals surface area contributed by atoms with E-state index in [1.165, 1.54) is 82.8 Å². The Balaban J connectivity index is 0.984. The minimum Gasteiger partial charge on any atom is -0.310 e. The van der Waals surface area contributed by atoms with Gasteiger partial charge in [-0.1, -0.05) is 169 Å². The Hall–Kier alpha value is -7.42. The van der Waals surface area contributed by atoms with E-state index >= 15 is 0 Å². The van der Waals surface area contributed by atoms with Crippen molar-refractivity contribution in [2.45, 2.75) is 12.8 Å². The topological polar surface area (TPSA) is 8.17 Å². The van der Waals surface area contributed by atoms with Gasteiger partial charge in [0.25, 0.3) is 0 Å². The predicted octanol–water partition coefficient (Wildman–Crippen LogP) is 15.1. The number of allylic oxidation sites excluding steroid dienone is 8. The number of fused-ring (bicyclic) bond motifs is 3. The van der Waals surface area contributed by atoms with Crippen molar-refractivity contribution >= 4 is 49.6 Å². The Labute approximate surface area is 351 Å². The summed E-state index contributed by atoms with van der Waals surface area (Å²) < 4.78 is 2.38. The molecule has 0 bridgehead atoms. The number of aromatic nitrogens is 1. The molecule has 0 N–H and O–H groups in total. The molecule has 0 fully saturated rings. The van der Waals surface area contributed by atoms with E-state index in [-0.39, 0.29) is 0 Å². The third kappa shape index (κ3) is 5.71. The Morgan fingerprint density at radius 2 is 1.15 bits per heavy atom. The van der Waals surface area contributed by atoms with Crippen molar-refractivity contribution in [1.82, 2.24) is 4.57 Å². The van der Waals surface area contributed by atoms with Crippen molar-refractivity contribution in [3.63, 3.8) is 0 Å². The van der Waals surface area contributed by atoms with Crippen LogP contribution in [0.15, 0.2) is 230 Å². The van der Waals surface area contributed by atoms with Crippen molar-refractivity contribution in [3.8, 4) is 27.9 Å². The maximum Gasteiger partial charge on any atom is 0.0541 e. The molecule has 1 aromatic heterocycles. The third-order valence-corrected chi connectivity index (χ3v) is 13.1. The SMILES string of the molecule is C1=CC2=CC=CC3Cc4cccc5c(N(c6ccc(-c7ccccc7)cc6)c6cccc(-c7ccc(-n8c9ccccc9c9ccccc98)cc7)c6)ccc(c45)CC(=C1)C23. The summed E-state index contributed by atoms with van der Waals surface area (Å²) in [6.45, 7) is 0. The third-order valence-electron chi connectivity index (χ3n) is 13.1. The van der Waals surface area contributed by atoms with Crippen molar-refractivity contribution in [2.24, 2.45) is 11.8 Å². The normalized spacial score (nSPS) is 16.6. The Morgan fingerprint density at radius 1 is 0.483 bits per heavy atom. The van der Waals surface area contributed by atoms with Crippen LogP contribution in [0.4, 0.5) is 17.1 Å². The average Bonchev–Trinajstić information content (AvgIpc) is 3.64. The van der Waals surface area contributed by atoms with E-state index in [0.29, 0.717) is 11.8 Å². The molecule has 3 aliphatic carbocycles. The second-order valence-electron chi connectivity index (χ2n) is 16.5. The Bertz CT molecular complexity index is 3190. The highest BCUT2D eigenvalue weighted by Crippen LogP contribution is 2.47. The lowest BCUT2D eigenvalue weighted by atomic mass is 9.69. The fourth-order valence-corrected chi connectivity index (χ4v) is 10.4. The molecule has 284 valence electrons. The summed E-state index contributed by atoms with van der Waals surface area (Å²) in [6, 6.07) is 67.1. The van der Waals surface area contributed by atoms with Gasteiger partial charge in [0.2, 0.25) is 0 Å². The second kappa shape index (κ2) is 14.1. The number of hydrogen-bond acceptors (Lipinski definition) is 1. The molecule has 0 saturated heterocycles. The zero-order chi connectivity index (χ0) is 39.6. The molecule has 0 aliphatic heterocycles. The van der Waals surface area contributed by atoms with Gasteiger partial charge in [0.1, 0.15) is 0 Å². The first kappa shape index (κ1) is 34.6. The van der Waals surface area contributed by atoms with Crippen molar-refractivity contribution in [2.75, 3.05) is 4.90 Å². The quantitative estimate of drug-likeness (QED) is 0.164. The molecule has 2 heteroatoms. The second-order valence-corrected chi connectivity index (χ2v) is 16.5. The van der Waals surface area contributed by atoms with Gasteiger partial charge in [-0.15, -0.1) is 0 Å². The van der Waals surface area contributed by atoms with Gasteiger partial charge in [-0.2, -0.15) is 0 Å². The van der Waals surface area contributed by atoms with Crippen molar-refractivity contribution in [1.29, 1.82) is 0 Å². The van der Waals surface area contributed by atoms with Gasteiger partial charge in [-0.3, -0.25) is 0 Å². The lowest BCUT2D eigenvalue weighted by Gasteiger charge is -2.36. The summed E-state index contributed by atoms with van der Waals surface area (Å²) in [7, 11) is 0. The molecule has 3 aliphatic rings. The Kier molecular flexibility index (Phi) is 8.16. The zero-order valence-electron chi connectivity index (χ0n) is 33.2. The summed E-state index contributed by atoms with van der Waals surface area (Å²) >= 11 is 0. The summed E-state index contributed by atoms with van der Waals surface area (Å²) in [5.41, 5.74) is 17.6. The van der Waals surface area contributed by atoms with Crippen LogP contribution >= 0.6 is 0 Å². The van der Waals surface area contributed by atoms with Gasteiger partial charge in [0, 0.05) is 39.1 Å². The van der Waals surface area contributed by atoms with Gasteiger partial charge >= 0.3 is 0 Å². The highest BCUT2D eigenvalue weighted by Gasteiger charge is 2.32. The maximum atomic E-state index is 2.47. The molecule has 8 aromatic carbocycles. The molecule has 12 rings (SSSR count). The van der Waals surface area contributed by atoms with Gasteiger partial charge in [0.15, 0.2) is 0 Å². The fraction of sp³-hybridized carbons (Fsp3) is 0.0690. The first-order chi connectivity index (χ1) is 29.7. The fourth-order valence-electron chi connectivity index (χ4n) is 10.4. The molecule has 0 radical (unpaired) electrons. The number of para-hydroxylation sites is 2. The number of rotatable bonds is 6. The van der Waals surface area contributed by atoms with Crippen molar-refractivity contribution in [3.05, 3.63) is 241 Å². The number of benzene rings is 8. The first-order valence-corrected chi connectivity index (χ1v) is 21.2. The minimum absolute atomic E-state index is 0.446. The summed E-state index contributed by atoms with van der Waals surface area (Å²) in [4.78, 5) is 2.47. The molecule has 0 amide bonds. The molecule has 2 atom stereocenters. The van der Waals surface area contributed by atoms with E-state index in [9.17, 15) is 0 Å². The molecule has 1 heterocycles. The van der Waals surface area contributed by atoms with Crippen LogP contribution in [-0.4, -0.2) is 4.57 Å². The number of hydrogen-bond donors (Lipinski definition) is 0. The molecule has 9 aromatic rings. The largest absolute Gasteiger partial charge is 0.310 e. The van der Waals surface area contributed by atoms with Gasteiger partial charge in [-0.25, -0.2) is 0 Å². The molecular weight excluding hydrogens is 725 g/mol. The smallest absolute Gasteiger partial charge is 0.0541 e. The van der Waals surface area contributed by atoms with Crippen LogP contribution in [0.5, 0.6) is 0 Å². The number of anilines is 3. The summed E-state index contributed by atoms with van der Waals surface area (Å²) in [6.07, 6.45) is 15.9. The van der Waals surface area contributed by atoms with E-state index in [0.717, 1.165) is 29.9 Å². The van der Waals surface area contributed by atoms with E-state index in [2.05, 4.69) is 228 Å². The zero-order valence-corrected chi connectivity index (χ0v) is 33.2. The van der Waals surface area contributed by atoms with Crippen LogP contribution in [0.2, 0.25) is 0 Å². The molecular formula is C58H42N2. The van der Waals surface area contributed by atoms with Gasteiger partial charge in [-0.05, 0) is 118 Å². The van der Waals surface area contributed by atoms with Gasteiger partial charge < -0.3 is 9.47 Å². The van der Waals surface area contributed by atoms with E-state index < -0.39 is 0 Å². The molecule has 2 nitrogen and oxygen atoms in total.